The van der Waals surface area contributed by atoms with Gasteiger partial charge in [0, 0.05) is 12.7 Å². The van der Waals surface area contributed by atoms with Crippen molar-refractivity contribution in [1.82, 2.24) is 15.2 Å². The average Bonchev–Trinajstić information content (AvgIpc) is 2.54. The Morgan fingerprint density at radius 3 is 2.59 bits per heavy atom. The Morgan fingerprint density at radius 1 is 1.23 bits per heavy atom. The molecule has 1 aromatic carbocycles. The number of methoxy groups -OCH3 is 1. The number of rotatable bonds is 6. The van der Waals surface area contributed by atoms with Crippen LogP contribution in [0.25, 0.3) is 0 Å². The van der Waals surface area contributed by atoms with Crippen molar-refractivity contribution in [2.24, 2.45) is 0 Å². The molecule has 1 N–H and O–H groups in total. The van der Waals surface area contributed by atoms with Crippen LogP contribution in [0, 0.1) is 0 Å². The molecule has 0 aliphatic carbocycles. The number of benzene rings is 1. The van der Waals surface area contributed by atoms with Crippen molar-refractivity contribution < 1.29 is 9.53 Å². The van der Waals surface area contributed by atoms with Gasteiger partial charge < -0.3 is 15.0 Å². The molecule has 1 atom stereocenters. The van der Waals surface area contributed by atoms with Gasteiger partial charge in [-0.15, -0.1) is 0 Å². The van der Waals surface area contributed by atoms with Crippen LogP contribution in [-0.4, -0.2) is 43.5 Å². The van der Waals surface area contributed by atoms with Gasteiger partial charge in [-0.1, -0.05) is 30.3 Å². The van der Waals surface area contributed by atoms with E-state index in [1.165, 1.54) is 7.11 Å². The monoisotopic (exact) mass is 299 g/mol. The maximum atomic E-state index is 12.5. The maximum Gasteiger partial charge on any atom is 0.257 e. The third-order valence-corrected chi connectivity index (χ3v) is 3.26. The van der Waals surface area contributed by atoms with Gasteiger partial charge in [0.25, 0.3) is 5.91 Å². The molecule has 0 radical (unpaired) electrons. The van der Waals surface area contributed by atoms with Crippen molar-refractivity contribution in [3.63, 3.8) is 0 Å². The Balaban J connectivity index is 2.21. The van der Waals surface area contributed by atoms with E-state index >= 15 is 0 Å². The number of carbonyl (C=O) groups excluding carboxylic acids is 1. The number of carbonyl (C=O) groups is 1. The Kier molecular flexibility index (Phi) is 5.49. The van der Waals surface area contributed by atoms with Crippen LogP contribution in [-0.2, 0) is 0 Å². The van der Waals surface area contributed by atoms with Gasteiger partial charge in [-0.05, 0) is 31.8 Å². The molecule has 2 rings (SSSR count). The molecular weight excluding hydrogens is 278 g/mol. The van der Waals surface area contributed by atoms with Gasteiger partial charge in [0.2, 0.25) is 5.88 Å². The van der Waals surface area contributed by atoms with Gasteiger partial charge in [0.15, 0.2) is 0 Å². The lowest BCUT2D eigenvalue weighted by molar-refractivity contribution is 0.0926. The Morgan fingerprint density at radius 2 is 1.95 bits per heavy atom. The molecule has 1 heterocycles. The lowest BCUT2D eigenvalue weighted by Crippen LogP contribution is -2.35. The summed E-state index contributed by atoms with van der Waals surface area (Å²) in [4.78, 5) is 18.6. The molecule has 0 aliphatic rings. The molecule has 0 saturated carbocycles. The second-order valence-electron chi connectivity index (χ2n) is 5.26. The first kappa shape index (κ1) is 16.0. The standard InChI is InChI=1S/C17H21N3O2/c1-20(2)12-15(13-8-5-4-6-9-13)19-16(21)14-10-7-11-18-17(14)22-3/h4-11,15H,12H2,1-3H3,(H,19,21). The summed E-state index contributed by atoms with van der Waals surface area (Å²) >= 11 is 0. The first-order chi connectivity index (χ1) is 10.6. The highest BCUT2D eigenvalue weighted by Crippen LogP contribution is 2.17. The van der Waals surface area contributed by atoms with Gasteiger partial charge in [-0.2, -0.15) is 0 Å². The van der Waals surface area contributed by atoms with E-state index in [4.69, 9.17) is 4.74 Å². The Bertz CT molecular complexity index is 614. The second-order valence-corrected chi connectivity index (χ2v) is 5.26. The summed E-state index contributed by atoms with van der Waals surface area (Å²) in [6.45, 7) is 0.707. The molecule has 1 amide bonds. The first-order valence-electron chi connectivity index (χ1n) is 7.11. The first-order valence-corrected chi connectivity index (χ1v) is 7.11. The van der Waals surface area contributed by atoms with Crippen molar-refractivity contribution in [2.45, 2.75) is 6.04 Å². The van der Waals surface area contributed by atoms with Crippen molar-refractivity contribution in [1.29, 1.82) is 0 Å². The van der Waals surface area contributed by atoms with E-state index in [-0.39, 0.29) is 11.9 Å². The minimum atomic E-state index is -0.194. The van der Waals surface area contributed by atoms with E-state index in [0.717, 1.165) is 5.56 Å². The van der Waals surface area contributed by atoms with Crippen LogP contribution in [0.3, 0.4) is 0 Å². The predicted octanol–water partition coefficient (Wildman–Crippen LogP) is 2.12. The molecule has 0 spiro atoms. The lowest BCUT2D eigenvalue weighted by atomic mass is 10.1. The second kappa shape index (κ2) is 7.56. The maximum absolute atomic E-state index is 12.5. The molecule has 0 bridgehead atoms. The third-order valence-electron chi connectivity index (χ3n) is 3.26. The number of nitrogens with zero attached hydrogens (tertiary/aromatic N) is 2. The van der Waals surface area contributed by atoms with Crippen LogP contribution in [0.5, 0.6) is 5.88 Å². The van der Waals surface area contributed by atoms with E-state index in [2.05, 4.69) is 10.3 Å². The number of hydrogen-bond acceptors (Lipinski definition) is 4. The minimum Gasteiger partial charge on any atom is -0.480 e. The number of ether oxygens (including phenoxy) is 1. The topological polar surface area (TPSA) is 54.5 Å². The number of aromatic nitrogens is 1. The smallest absolute Gasteiger partial charge is 0.257 e. The summed E-state index contributed by atoms with van der Waals surface area (Å²) < 4.78 is 5.15. The quantitative estimate of drug-likeness (QED) is 0.888. The summed E-state index contributed by atoms with van der Waals surface area (Å²) in [7, 11) is 5.47. The number of amides is 1. The van der Waals surface area contributed by atoms with Crippen molar-refractivity contribution in [2.75, 3.05) is 27.7 Å². The Hall–Kier alpha value is -2.40. The molecule has 1 unspecified atom stereocenters. The molecular formula is C17H21N3O2. The van der Waals surface area contributed by atoms with Gasteiger partial charge in [-0.25, -0.2) is 4.98 Å². The van der Waals surface area contributed by atoms with Crippen molar-refractivity contribution in [3.8, 4) is 5.88 Å². The fourth-order valence-electron chi connectivity index (χ4n) is 2.25. The zero-order valence-electron chi connectivity index (χ0n) is 13.1. The van der Waals surface area contributed by atoms with Crippen molar-refractivity contribution >= 4 is 5.91 Å². The zero-order valence-corrected chi connectivity index (χ0v) is 13.1. The normalized spacial score (nSPS) is 12.0. The number of pyridine rings is 1. The summed E-state index contributed by atoms with van der Waals surface area (Å²) in [5, 5.41) is 3.06. The highest BCUT2D eigenvalue weighted by molar-refractivity contribution is 5.96. The van der Waals surface area contributed by atoms with Gasteiger partial charge in [0.05, 0.1) is 13.2 Å². The van der Waals surface area contributed by atoms with Crippen LogP contribution in [0.2, 0.25) is 0 Å². The number of nitrogens with one attached hydrogen (secondary N) is 1. The fraction of sp³-hybridized carbons (Fsp3) is 0.294. The van der Waals surface area contributed by atoms with Crippen molar-refractivity contribution in [3.05, 3.63) is 59.8 Å². The summed E-state index contributed by atoms with van der Waals surface area (Å²) in [6.07, 6.45) is 1.60. The molecule has 0 saturated heterocycles. The van der Waals surface area contributed by atoms with Crippen LogP contribution >= 0.6 is 0 Å². The molecule has 5 heteroatoms. The van der Waals surface area contributed by atoms with E-state index in [1.807, 2.05) is 49.3 Å². The van der Waals surface area contributed by atoms with E-state index in [0.29, 0.717) is 18.0 Å². The SMILES string of the molecule is COc1ncccc1C(=O)NC(CN(C)C)c1ccccc1. The highest BCUT2D eigenvalue weighted by Gasteiger charge is 2.19. The van der Waals surface area contributed by atoms with Gasteiger partial charge in [0.1, 0.15) is 5.56 Å². The number of likely N-dealkylation sites (N-methyl/N-ethyl adjacent to an activating group) is 1. The predicted molar refractivity (Wildman–Crippen MR) is 86.0 cm³/mol. The summed E-state index contributed by atoms with van der Waals surface area (Å²) in [5.74, 6) is 0.136. The zero-order chi connectivity index (χ0) is 15.9. The molecule has 0 aliphatic heterocycles. The molecule has 22 heavy (non-hydrogen) atoms. The molecule has 116 valence electrons. The van der Waals surface area contributed by atoms with E-state index in [9.17, 15) is 4.79 Å². The minimum absolute atomic E-state index is 0.103. The Labute approximate surface area is 130 Å². The van der Waals surface area contributed by atoms with Crippen LogP contribution in [0.4, 0.5) is 0 Å². The van der Waals surface area contributed by atoms with Gasteiger partial charge in [-0.3, -0.25) is 4.79 Å². The fourth-order valence-corrected chi connectivity index (χ4v) is 2.25. The van der Waals surface area contributed by atoms with Crippen LogP contribution < -0.4 is 10.1 Å². The number of hydrogen-bond donors (Lipinski definition) is 1. The summed E-state index contributed by atoms with van der Waals surface area (Å²) in [6, 6.07) is 13.2. The van der Waals surface area contributed by atoms with Crippen LogP contribution in [0.1, 0.15) is 22.0 Å². The lowest BCUT2D eigenvalue weighted by Gasteiger charge is -2.23. The summed E-state index contributed by atoms with van der Waals surface area (Å²) in [5.41, 5.74) is 1.50. The van der Waals surface area contributed by atoms with Gasteiger partial charge >= 0.3 is 0 Å². The van der Waals surface area contributed by atoms with Crippen LogP contribution in [0.15, 0.2) is 48.7 Å². The molecule has 0 fully saturated rings. The molecule has 1 aromatic heterocycles. The third kappa shape index (κ3) is 4.05. The van der Waals surface area contributed by atoms with E-state index < -0.39 is 0 Å². The van der Waals surface area contributed by atoms with E-state index in [1.54, 1.807) is 18.3 Å². The average molecular weight is 299 g/mol. The highest BCUT2D eigenvalue weighted by atomic mass is 16.5. The molecule has 2 aromatic rings. The largest absolute Gasteiger partial charge is 0.480 e. The molecule has 5 nitrogen and oxygen atoms in total.